The standard InChI is InChI=1S/C16H22N2O2S/c1-4-5-8-12(3)18-13-9-6-7-11(2)15(13)17-16(18)21-10-14(19)20/h6-7,9,12H,4-5,8,10H2,1-3H3,(H,19,20). The topological polar surface area (TPSA) is 55.1 Å². The van der Waals surface area contributed by atoms with E-state index >= 15 is 0 Å². The maximum atomic E-state index is 10.9. The van der Waals surface area contributed by atoms with Gasteiger partial charge in [0.25, 0.3) is 0 Å². The SMILES string of the molecule is CCCCC(C)n1c(SCC(=O)O)nc2c(C)cccc21. The first kappa shape index (κ1) is 15.9. The number of hydrogen-bond acceptors (Lipinski definition) is 3. The average molecular weight is 306 g/mol. The van der Waals surface area contributed by atoms with Gasteiger partial charge in [0.1, 0.15) is 0 Å². The molecule has 0 spiro atoms. The molecule has 21 heavy (non-hydrogen) atoms. The van der Waals surface area contributed by atoms with Gasteiger partial charge in [-0.2, -0.15) is 0 Å². The number of imidazole rings is 1. The summed E-state index contributed by atoms with van der Waals surface area (Å²) in [5, 5.41) is 9.73. The number of carboxylic acid groups (broad SMARTS) is 1. The first-order valence-corrected chi connectivity index (χ1v) is 8.35. The van der Waals surface area contributed by atoms with Gasteiger partial charge in [0.05, 0.1) is 16.8 Å². The lowest BCUT2D eigenvalue weighted by atomic mass is 10.1. The third-order valence-electron chi connectivity index (χ3n) is 3.63. The highest BCUT2D eigenvalue weighted by molar-refractivity contribution is 7.99. The van der Waals surface area contributed by atoms with Gasteiger partial charge in [-0.1, -0.05) is 43.7 Å². The highest BCUT2D eigenvalue weighted by Crippen LogP contribution is 2.31. The molecule has 0 aliphatic rings. The molecule has 0 saturated carbocycles. The number of benzene rings is 1. The molecule has 0 bridgehead atoms. The molecule has 1 aromatic carbocycles. The van der Waals surface area contributed by atoms with E-state index in [4.69, 9.17) is 5.11 Å². The van der Waals surface area contributed by atoms with Crippen molar-refractivity contribution in [2.24, 2.45) is 0 Å². The second-order valence-corrected chi connectivity index (χ2v) is 6.32. The molecule has 1 heterocycles. The number of aliphatic carboxylic acids is 1. The Kier molecular flexibility index (Phi) is 5.28. The second kappa shape index (κ2) is 6.98. The predicted octanol–water partition coefficient (Wildman–Crippen LogP) is 4.27. The van der Waals surface area contributed by atoms with Crippen LogP contribution in [-0.2, 0) is 4.79 Å². The van der Waals surface area contributed by atoms with Gasteiger partial charge in [0.2, 0.25) is 0 Å². The molecule has 0 aliphatic carbocycles. The van der Waals surface area contributed by atoms with Crippen LogP contribution in [0.1, 0.15) is 44.7 Å². The van der Waals surface area contributed by atoms with Crippen LogP contribution in [0.25, 0.3) is 11.0 Å². The summed E-state index contributed by atoms with van der Waals surface area (Å²) in [7, 11) is 0. The Morgan fingerprint density at radius 3 is 2.90 bits per heavy atom. The van der Waals surface area contributed by atoms with Gasteiger partial charge in [0.15, 0.2) is 5.16 Å². The van der Waals surface area contributed by atoms with Crippen LogP contribution >= 0.6 is 11.8 Å². The van der Waals surface area contributed by atoms with Gasteiger partial charge in [-0.3, -0.25) is 4.79 Å². The number of nitrogens with zero attached hydrogens (tertiary/aromatic N) is 2. The Hall–Kier alpha value is -1.49. The molecule has 0 fully saturated rings. The minimum absolute atomic E-state index is 0.0445. The van der Waals surface area contributed by atoms with E-state index in [-0.39, 0.29) is 5.75 Å². The van der Waals surface area contributed by atoms with Crippen molar-refractivity contribution < 1.29 is 9.90 Å². The van der Waals surface area contributed by atoms with E-state index in [0.717, 1.165) is 41.0 Å². The van der Waals surface area contributed by atoms with Gasteiger partial charge in [-0.25, -0.2) is 4.98 Å². The normalized spacial score (nSPS) is 12.7. The number of hydrogen-bond donors (Lipinski definition) is 1. The second-order valence-electron chi connectivity index (χ2n) is 5.38. The van der Waals surface area contributed by atoms with Gasteiger partial charge in [-0.05, 0) is 31.9 Å². The van der Waals surface area contributed by atoms with Crippen LogP contribution in [-0.4, -0.2) is 26.4 Å². The van der Waals surface area contributed by atoms with Crippen LogP contribution in [0.5, 0.6) is 0 Å². The van der Waals surface area contributed by atoms with E-state index < -0.39 is 5.97 Å². The third kappa shape index (κ3) is 3.59. The van der Waals surface area contributed by atoms with E-state index in [2.05, 4.69) is 29.5 Å². The fourth-order valence-corrected chi connectivity index (χ4v) is 3.34. The van der Waals surface area contributed by atoms with Gasteiger partial charge in [0, 0.05) is 6.04 Å². The minimum atomic E-state index is -0.809. The molecule has 0 saturated heterocycles. The average Bonchev–Trinajstić information content (AvgIpc) is 2.82. The fraction of sp³-hybridized carbons (Fsp3) is 0.500. The molecule has 0 amide bonds. The maximum absolute atomic E-state index is 10.9. The number of thioether (sulfide) groups is 1. The van der Waals surface area contributed by atoms with E-state index in [1.807, 2.05) is 19.1 Å². The highest BCUT2D eigenvalue weighted by Gasteiger charge is 2.17. The van der Waals surface area contributed by atoms with E-state index in [0.29, 0.717) is 6.04 Å². The molecular weight excluding hydrogens is 284 g/mol. The number of fused-ring (bicyclic) bond motifs is 1. The Bertz CT molecular complexity index is 636. The summed E-state index contributed by atoms with van der Waals surface area (Å²) in [5.74, 6) is -0.764. The molecular formula is C16H22N2O2S. The molecule has 0 radical (unpaired) electrons. The van der Waals surface area contributed by atoms with Crippen LogP contribution < -0.4 is 0 Å². The zero-order chi connectivity index (χ0) is 15.4. The maximum Gasteiger partial charge on any atom is 0.313 e. The zero-order valence-corrected chi connectivity index (χ0v) is 13.6. The van der Waals surface area contributed by atoms with Gasteiger partial charge < -0.3 is 9.67 Å². The Labute approximate surface area is 129 Å². The van der Waals surface area contributed by atoms with Crippen molar-refractivity contribution in [2.75, 3.05) is 5.75 Å². The summed E-state index contributed by atoms with van der Waals surface area (Å²) < 4.78 is 2.20. The van der Waals surface area contributed by atoms with Crippen LogP contribution in [0.2, 0.25) is 0 Å². The summed E-state index contributed by atoms with van der Waals surface area (Å²) in [6.45, 7) is 6.41. The zero-order valence-electron chi connectivity index (χ0n) is 12.8. The molecule has 114 valence electrons. The van der Waals surface area contributed by atoms with E-state index in [1.54, 1.807) is 0 Å². The smallest absolute Gasteiger partial charge is 0.313 e. The van der Waals surface area contributed by atoms with Crippen LogP contribution in [0, 0.1) is 6.92 Å². The summed E-state index contributed by atoms with van der Waals surface area (Å²) in [5.41, 5.74) is 3.21. The van der Waals surface area contributed by atoms with Gasteiger partial charge in [-0.15, -0.1) is 0 Å². The van der Waals surface area contributed by atoms with E-state index in [9.17, 15) is 4.79 Å². The summed E-state index contributed by atoms with van der Waals surface area (Å²) in [6, 6.07) is 6.48. The molecule has 0 aliphatic heterocycles. The number of para-hydroxylation sites is 1. The Morgan fingerprint density at radius 1 is 1.48 bits per heavy atom. The lowest BCUT2D eigenvalue weighted by Gasteiger charge is -2.17. The first-order chi connectivity index (χ1) is 10.0. The molecule has 2 aromatic rings. The molecule has 1 N–H and O–H groups in total. The van der Waals surface area contributed by atoms with Crippen molar-refractivity contribution in [3.63, 3.8) is 0 Å². The largest absolute Gasteiger partial charge is 0.481 e. The molecule has 5 heteroatoms. The van der Waals surface area contributed by atoms with Crippen molar-refractivity contribution in [1.29, 1.82) is 0 Å². The van der Waals surface area contributed by atoms with Crippen LogP contribution in [0.15, 0.2) is 23.4 Å². The number of rotatable bonds is 7. The van der Waals surface area contributed by atoms with Crippen molar-refractivity contribution >= 4 is 28.8 Å². The fourth-order valence-electron chi connectivity index (χ4n) is 2.52. The van der Waals surface area contributed by atoms with Crippen LogP contribution in [0.4, 0.5) is 0 Å². The van der Waals surface area contributed by atoms with Gasteiger partial charge >= 0.3 is 5.97 Å². The molecule has 4 nitrogen and oxygen atoms in total. The summed E-state index contributed by atoms with van der Waals surface area (Å²) >= 11 is 1.30. The lowest BCUT2D eigenvalue weighted by Crippen LogP contribution is -2.08. The molecule has 1 atom stereocenters. The quantitative estimate of drug-likeness (QED) is 0.776. The summed E-state index contributed by atoms with van der Waals surface area (Å²) in [4.78, 5) is 15.5. The predicted molar refractivity (Wildman–Crippen MR) is 87.1 cm³/mol. The lowest BCUT2D eigenvalue weighted by molar-refractivity contribution is -0.133. The first-order valence-electron chi connectivity index (χ1n) is 7.36. The number of aromatic nitrogens is 2. The number of unbranched alkanes of at least 4 members (excludes halogenated alkanes) is 1. The van der Waals surface area contributed by atoms with Crippen molar-refractivity contribution in [3.05, 3.63) is 23.8 Å². The highest BCUT2D eigenvalue weighted by atomic mass is 32.2. The Morgan fingerprint density at radius 2 is 2.24 bits per heavy atom. The molecule has 2 rings (SSSR count). The molecule has 1 unspecified atom stereocenters. The molecule has 1 aromatic heterocycles. The minimum Gasteiger partial charge on any atom is -0.481 e. The van der Waals surface area contributed by atoms with E-state index in [1.165, 1.54) is 11.8 Å². The Balaban J connectivity index is 2.44. The van der Waals surface area contributed by atoms with Crippen molar-refractivity contribution in [1.82, 2.24) is 9.55 Å². The number of carbonyl (C=O) groups is 1. The monoisotopic (exact) mass is 306 g/mol. The third-order valence-corrected chi connectivity index (χ3v) is 4.57. The van der Waals surface area contributed by atoms with Crippen molar-refractivity contribution in [2.45, 2.75) is 51.2 Å². The van der Waals surface area contributed by atoms with Crippen molar-refractivity contribution in [3.8, 4) is 0 Å². The summed E-state index contributed by atoms with van der Waals surface area (Å²) in [6.07, 6.45) is 3.40. The number of aryl methyl sites for hydroxylation is 1. The van der Waals surface area contributed by atoms with Crippen LogP contribution in [0.3, 0.4) is 0 Å². The number of carboxylic acids is 1.